The van der Waals surface area contributed by atoms with Crippen LogP contribution in [-0.4, -0.2) is 26.8 Å². The number of carbonyl (C=O) groups is 1. The summed E-state index contributed by atoms with van der Waals surface area (Å²) in [4.78, 5) is 16.7. The highest BCUT2D eigenvalue weighted by Crippen LogP contribution is 2.24. The van der Waals surface area contributed by atoms with Gasteiger partial charge >= 0.3 is 0 Å². The fourth-order valence-corrected chi connectivity index (χ4v) is 2.95. The summed E-state index contributed by atoms with van der Waals surface area (Å²) in [5.41, 5.74) is 0. The summed E-state index contributed by atoms with van der Waals surface area (Å²) in [7, 11) is 0. The number of aromatic nitrogens is 3. The molecule has 3 aromatic heterocycles. The van der Waals surface area contributed by atoms with Crippen LogP contribution in [0.2, 0.25) is 0 Å². The molecule has 0 spiro atoms. The zero-order chi connectivity index (χ0) is 15.2. The van der Waals surface area contributed by atoms with Gasteiger partial charge in [-0.3, -0.25) is 4.79 Å². The second-order valence-corrected chi connectivity index (χ2v) is 6.17. The van der Waals surface area contributed by atoms with Crippen molar-refractivity contribution in [1.29, 1.82) is 0 Å². The number of carbonyl (C=O) groups excluding carboxylic acids is 1. The molecule has 0 saturated heterocycles. The molecule has 0 radical (unpaired) electrons. The Morgan fingerprint density at radius 1 is 1.27 bits per heavy atom. The first-order valence-electron chi connectivity index (χ1n) is 6.46. The lowest BCUT2D eigenvalue weighted by molar-refractivity contribution is -0.113. The Bertz CT molecular complexity index is 728. The minimum atomic E-state index is -0.110. The zero-order valence-corrected chi connectivity index (χ0v) is 13.1. The molecule has 1 N–H and O–H groups in total. The summed E-state index contributed by atoms with van der Waals surface area (Å²) in [6.45, 7) is 0. The van der Waals surface area contributed by atoms with Gasteiger partial charge in [0.1, 0.15) is 5.82 Å². The predicted octanol–water partition coefficient (Wildman–Crippen LogP) is 3.07. The number of pyridine rings is 1. The summed E-state index contributed by atoms with van der Waals surface area (Å²) in [5, 5.41) is 12.6. The molecule has 8 heteroatoms. The zero-order valence-electron chi connectivity index (χ0n) is 11.4. The van der Waals surface area contributed by atoms with Gasteiger partial charge in [0, 0.05) is 6.20 Å². The molecule has 0 aliphatic carbocycles. The van der Waals surface area contributed by atoms with Gasteiger partial charge in [0.15, 0.2) is 0 Å². The average Bonchev–Trinajstić information content (AvgIpc) is 3.19. The van der Waals surface area contributed by atoms with Crippen molar-refractivity contribution in [3.8, 4) is 10.8 Å². The van der Waals surface area contributed by atoms with Gasteiger partial charge in [-0.25, -0.2) is 4.98 Å². The summed E-state index contributed by atoms with van der Waals surface area (Å²) >= 11 is 2.96. The smallest absolute Gasteiger partial charge is 0.257 e. The van der Waals surface area contributed by atoms with Crippen LogP contribution >= 0.6 is 23.1 Å². The van der Waals surface area contributed by atoms with Crippen LogP contribution in [0, 0.1) is 0 Å². The molecule has 0 saturated carbocycles. The summed E-state index contributed by atoms with van der Waals surface area (Å²) < 4.78 is 5.55. The highest BCUT2D eigenvalue weighted by atomic mass is 32.2. The molecular weight excluding hydrogens is 320 g/mol. The second kappa shape index (κ2) is 7.19. The molecule has 0 aliphatic rings. The number of anilines is 1. The van der Waals surface area contributed by atoms with Gasteiger partial charge in [-0.15, -0.1) is 33.3 Å². The third-order valence-corrected chi connectivity index (χ3v) is 4.37. The van der Waals surface area contributed by atoms with Gasteiger partial charge in [-0.1, -0.05) is 12.1 Å². The van der Waals surface area contributed by atoms with Crippen LogP contribution < -0.4 is 5.32 Å². The lowest BCUT2D eigenvalue weighted by atomic mass is 10.4. The van der Waals surface area contributed by atoms with Crippen molar-refractivity contribution >= 4 is 34.8 Å². The molecule has 1 amide bonds. The Morgan fingerprint density at radius 3 is 3.00 bits per heavy atom. The maximum absolute atomic E-state index is 11.8. The van der Waals surface area contributed by atoms with Gasteiger partial charge in [0.2, 0.25) is 11.8 Å². The standard InChI is InChI=1S/C14H12N4O2S2/c19-12(16-11-5-1-2-6-15-11)8-21-9-13-17-18-14(20-13)10-4-3-7-22-10/h1-7H,8-9H2,(H,15,16,19). The fraction of sp³-hybridized carbons (Fsp3) is 0.143. The minimum absolute atomic E-state index is 0.110. The Labute approximate surface area is 135 Å². The number of thiophene rings is 1. The van der Waals surface area contributed by atoms with Crippen LogP contribution in [0.3, 0.4) is 0 Å². The average molecular weight is 332 g/mol. The summed E-state index contributed by atoms with van der Waals surface area (Å²) in [6, 6.07) is 9.22. The van der Waals surface area contributed by atoms with Crippen molar-refractivity contribution in [1.82, 2.24) is 15.2 Å². The van der Waals surface area contributed by atoms with Crippen LogP contribution in [0.4, 0.5) is 5.82 Å². The highest BCUT2D eigenvalue weighted by Gasteiger charge is 2.10. The fourth-order valence-electron chi connectivity index (χ4n) is 1.66. The Morgan fingerprint density at radius 2 is 2.23 bits per heavy atom. The number of hydrogen-bond donors (Lipinski definition) is 1. The van der Waals surface area contributed by atoms with Crippen LogP contribution in [0.25, 0.3) is 10.8 Å². The molecule has 0 bridgehead atoms. The van der Waals surface area contributed by atoms with Crippen LogP contribution in [0.5, 0.6) is 0 Å². The van der Waals surface area contributed by atoms with Gasteiger partial charge < -0.3 is 9.73 Å². The van der Waals surface area contributed by atoms with E-state index in [1.807, 2.05) is 23.6 Å². The van der Waals surface area contributed by atoms with E-state index in [0.717, 1.165) is 4.88 Å². The van der Waals surface area contributed by atoms with Crippen LogP contribution in [0.15, 0.2) is 46.3 Å². The summed E-state index contributed by atoms with van der Waals surface area (Å²) in [5.74, 6) is 2.26. The van der Waals surface area contributed by atoms with Gasteiger partial charge in [-0.05, 0) is 23.6 Å². The predicted molar refractivity (Wildman–Crippen MR) is 86.6 cm³/mol. The van der Waals surface area contributed by atoms with Crippen LogP contribution in [0.1, 0.15) is 5.89 Å². The van der Waals surface area contributed by atoms with E-state index in [1.54, 1.807) is 29.7 Å². The molecule has 0 aliphatic heterocycles. The van der Waals surface area contributed by atoms with E-state index in [9.17, 15) is 4.79 Å². The molecule has 112 valence electrons. The first-order valence-corrected chi connectivity index (χ1v) is 8.49. The molecule has 3 aromatic rings. The van der Waals surface area contributed by atoms with E-state index >= 15 is 0 Å². The Kier molecular flexibility index (Phi) is 4.81. The van der Waals surface area contributed by atoms with Crippen molar-refractivity contribution < 1.29 is 9.21 Å². The lowest BCUT2D eigenvalue weighted by Crippen LogP contribution is -2.14. The normalized spacial score (nSPS) is 10.5. The number of nitrogens with zero attached hydrogens (tertiary/aromatic N) is 3. The lowest BCUT2D eigenvalue weighted by Gasteiger charge is -2.02. The topological polar surface area (TPSA) is 80.9 Å². The number of nitrogens with one attached hydrogen (secondary N) is 1. The van der Waals surface area contributed by atoms with E-state index < -0.39 is 0 Å². The number of hydrogen-bond acceptors (Lipinski definition) is 7. The van der Waals surface area contributed by atoms with Crippen molar-refractivity contribution in [2.45, 2.75) is 5.75 Å². The SMILES string of the molecule is O=C(CSCc1nnc(-c2cccs2)o1)Nc1ccccn1. The number of amides is 1. The molecular formula is C14H12N4O2S2. The van der Waals surface area contributed by atoms with E-state index in [0.29, 0.717) is 29.1 Å². The maximum Gasteiger partial charge on any atom is 0.257 e. The van der Waals surface area contributed by atoms with Crippen molar-refractivity contribution in [2.24, 2.45) is 0 Å². The molecule has 0 aromatic carbocycles. The molecule has 0 fully saturated rings. The summed E-state index contributed by atoms with van der Waals surface area (Å²) in [6.07, 6.45) is 1.63. The van der Waals surface area contributed by atoms with Crippen molar-refractivity contribution in [2.75, 3.05) is 11.1 Å². The van der Waals surface area contributed by atoms with Crippen LogP contribution in [-0.2, 0) is 10.5 Å². The van der Waals surface area contributed by atoms with Gasteiger partial charge in [0.25, 0.3) is 5.89 Å². The maximum atomic E-state index is 11.8. The van der Waals surface area contributed by atoms with E-state index in [4.69, 9.17) is 4.42 Å². The Balaban J connectivity index is 1.46. The van der Waals surface area contributed by atoms with Crippen molar-refractivity contribution in [3.63, 3.8) is 0 Å². The van der Waals surface area contributed by atoms with E-state index in [1.165, 1.54) is 11.8 Å². The molecule has 3 heterocycles. The molecule has 0 unspecified atom stereocenters. The van der Waals surface area contributed by atoms with Crippen molar-refractivity contribution in [3.05, 3.63) is 47.8 Å². The Hall–Kier alpha value is -2.19. The monoisotopic (exact) mass is 332 g/mol. The third-order valence-electron chi connectivity index (χ3n) is 2.59. The van der Waals surface area contributed by atoms with E-state index in [2.05, 4.69) is 20.5 Å². The first kappa shape index (κ1) is 14.7. The second-order valence-electron chi connectivity index (χ2n) is 4.23. The molecule has 6 nitrogen and oxygen atoms in total. The minimum Gasteiger partial charge on any atom is -0.419 e. The third kappa shape index (κ3) is 3.92. The van der Waals surface area contributed by atoms with Gasteiger partial charge in [-0.2, -0.15) is 0 Å². The molecule has 0 atom stereocenters. The number of rotatable bonds is 6. The molecule has 22 heavy (non-hydrogen) atoms. The van der Waals surface area contributed by atoms with E-state index in [-0.39, 0.29) is 5.91 Å². The highest BCUT2D eigenvalue weighted by molar-refractivity contribution is 7.99. The first-order chi connectivity index (χ1) is 10.8. The number of thioether (sulfide) groups is 1. The largest absolute Gasteiger partial charge is 0.419 e. The quantitative estimate of drug-likeness (QED) is 0.747. The van der Waals surface area contributed by atoms with Gasteiger partial charge in [0.05, 0.1) is 16.4 Å². The molecule has 3 rings (SSSR count).